The molecule has 0 amide bonds. The summed E-state index contributed by atoms with van der Waals surface area (Å²) >= 11 is 0. The van der Waals surface area contributed by atoms with Gasteiger partial charge in [0.1, 0.15) is 0 Å². The number of hydrogen-bond acceptors (Lipinski definition) is 4. The molecule has 1 heterocycles. The van der Waals surface area contributed by atoms with Crippen LogP contribution in [-0.4, -0.2) is 28.2 Å². The molecule has 140 valence electrons. The quantitative estimate of drug-likeness (QED) is 0.786. The predicted octanol–water partition coefficient (Wildman–Crippen LogP) is 3.38. The van der Waals surface area contributed by atoms with Gasteiger partial charge in [0.2, 0.25) is 10.0 Å². The molecule has 0 saturated heterocycles. The van der Waals surface area contributed by atoms with Crippen LogP contribution in [0.2, 0.25) is 0 Å². The van der Waals surface area contributed by atoms with Crippen LogP contribution >= 0.6 is 0 Å². The Hall–Kier alpha value is -2.05. The number of sulfonamides is 1. The van der Waals surface area contributed by atoms with Crippen molar-refractivity contribution >= 4 is 10.0 Å². The Morgan fingerprint density at radius 1 is 1.00 bits per heavy atom. The minimum atomic E-state index is -3.56. The molecule has 1 N–H and O–H groups in total. The molecule has 0 unspecified atom stereocenters. The molecule has 26 heavy (non-hydrogen) atoms. The Morgan fingerprint density at radius 2 is 1.77 bits per heavy atom. The van der Waals surface area contributed by atoms with Gasteiger partial charge < -0.3 is 9.47 Å². The SMILES string of the molecule is Cc1ccc(CCCNS(=O)(=O)c2ccc3c(c2)OCCCO3)c(C)c1. The minimum Gasteiger partial charge on any atom is -0.490 e. The van der Waals surface area contributed by atoms with Crippen LogP contribution in [0.25, 0.3) is 0 Å². The zero-order valence-corrected chi connectivity index (χ0v) is 16.1. The third kappa shape index (κ3) is 4.56. The lowest BCUT2D eigenvalue weighted by Gasteiger charge is -2.11. The van der Waals surface area contributed by atoms with Crippen molar-refractivity contribution in [3.63, 3.8) is 0 Å². The van der Waals surface area contributed by atoms with E-state index >= 15 is 0 Å². The average Bonchev–Trinajstić information content (AvgIpc) is 2.85. The Bertz CT molecular complexity index is 877. The lowest BCUT2D eigenvalue weighted by molar-refractivity contribution is 0.297. The van der Waals surface area contributed by atoms with Gasteiger partial charge in [-0.3, -0.25) is 0 Å². The summed E-state index contributed by atoms with van der Waals surface area (Å²) in [5.41, 5.74) is 3.74. The molecule has 0 radical (unpaired) electrons. The van der Waals surface area contributed by atoms with Gasteiger partial charge in [0.15, 0.2) is 11.5 Å². The third-order valence-corrected chi connectivity index (χ3v) is 5.90. The number of nitrogens with one attached hydrogen (secondary N) is 1. The largest absolute Gasteiger partial charge is 0.490 e. The van der Waals surface area contributed by atoms with Gasteiger partial charge in [-0.2, -0.15) is 0 Å². The fourth-order valence-electron chi connectivity index (χ4n) is 3.01. The fourth-order valence-corrected chi connectivity index (χ4v) is 4.09. The van der Waals surface area contributed by atoms with Crippen molar-refractivity contribution in [3.8, 4) is 11.5 Å². The van der Waals surface area contributed by atoms with E-state index in [1.54, 1.807) is 12.1 Å². The molecule has 0 bridgehead atoms. The second-order valence-electron chi connectivity index (χ2n) is 6.59. The molecule has 1 aliphatic heterocycles. The highest BCUT2D eigenvalue weighted by Gasteiger charge is 2.18. The summed E-state index contributed by atoms with van der Waals surface area (Å²) in [5, 5.41) is 0. The topological polar surface area (TPSA) is 64.6 Å². The number of rotatable bonds is 6. The van der Waals surface area contributed by atoms with Crippen LogP contribution in [0.4, 0.5) is 0 Å². The minimum absolute atomic E-state index is 0.202. The molecule has 1 aliphatic rings. The van der Waals surface area contributed by atoms with Crippen LogP contribution in [0.3, 0.4) is 0 Å². The second-order valence-corrected chi connectivity index (χ2v) is 8.36. The van der Waals surface area contributed by atoms with E-state index < -0.39 is 10.0 Å². The van der Waals surface area contributed by atoms with Crippen molar-refractivity contribution in [2.75, 3.05) is 19.8 Å². The molecule has 3 rings (SSSR count). The van der Waals surface area contributed by atoms with Gasteiger partial charge in [-0.25, -0.2) is 13.1 Å². The van der Waals surface area contributed by atoms with E-state index in [4.69, 9.17) is 9.47 Å². The van der Waals surface area contributed by atoms with E-state index in [2.05, 4.69) is 36.8 Å². The maximum absolute atomic E-state index is 12.5. The molecule has 0 spiro atoms. The van der Waals surface area contributed by atoms with Crippen molar-refractivity contribution < 1.29 is 17.9 Å². The van der Waals surface area contributed by atoms with E-state index in [1.165, 1.54) is 22.8 Å². The van der Waals surface area contributed by atoms with Crippen LogP contribution < -0.4 is 14.2 Å². The highest BCUT2D eigenvalue weighted by molar-refractivity contribution is 7.89. The van der Waals surface area contributed by atoms with E-state index in [1.807, 2.05) is 0 Å². The highest BCUT2D eigenvalue weighted by atomic mass is 32.2. The van der Waals surface area contributed by atoms with Crippen molar-refractivity contribution in [1.29, 1.82) is 0 Å². The zero-order chi connectivity index (χ0) is 18.6. The van der Waals surface area contributed by atoms with Gasteiger partial charge in [0.05, 0.1) is 18.1 Å². The molecule has 2 aromatic rings. The van der Waals surface area contributed by atoms with Crippen molar-refractivity contribution in [2.24, 2.45) is 0 Å². The lowest BCUT2D eigenvalue weighted by atomic mass is 10.0. The molecular weight excluding hydrogens is 350 g/mol. The normalized spacial score (nSPS) is 14.1. The van der Waals surface area contributed by atoms with E-state index in [0.29, 0.717) is 31.3 Å². The van der Waals surface area contributed by atoms with E-state index in [9.17, 15) is 8.42 Å². The number of ether oxygens (including phenoxy) is 2. The third-order valence-electron chi connectivity index (χ3n) is 4.44. The summed E-state index contributed by atoms with van der Waals surface area (Å²) in [7, 11) is -3.56. The second kappa shape index (κ2) is 8.10. The number of benzene rings is 2. The monoisotopic (exact) mass is 375 g/mol. The van der Waals surface area contributed by atoms with Crippen LogP contribution in [0, 0.1) is 13.8 Å². The van der Waals surface area contributed by atoms with Crippen LogP contribution in [0.15, 0.2) is 41.3 Å². The molecular formula is C20H25NO4S. The maximum atomic E-state index is 12.5. The standard InChI is InChI=1S/C20H25NO4S/c1-15-6-7-17(16(2)13-15)5-3-10-21-26(22,23)18-8-9-19-20(14-18)25-12-4-11-24-19/h6-9,13-14,21H,3-5,10-12H2,1-2H3. The Balaban J connectivity index is 1.59. The van der Waals surface area contributed by atoms with Crippen LogP contribution in [0.1, 0.15) is 29.5 Å². The summed E-state index contributed by atoms with van der Waals surface area (Å²) in [6.07, 6.45) is 2.37. The first-order valence-electron chi connectivity index (χ1n) is 8.91. The zero-order valence-electron chi connectivity index (χ0n) is 15.2. The Kier molecular flexibility index (Phi) is 5.84. The Labute approximate surface area is 155 Å². The lowest BCUT2D eigenvalue weighted by Crippen LogP contribution is -2.25. The molecule has 2 aromatic carbocycles. The molecule has 0 saturated carbocycles. The van der Waals surface area contributed by atoms with Crippen LogP contribution in [-0.2, 0) is 16.4 Å². The van der Waals surface area contributed by atoms with Crippen molar-refractivity contribution in [3.05, 3.63) is 53.1 Å². The first-order valence-corrected chi connectivity index (χ1v) is 10.4. The fraction of sp³-hybridized carbons (Fsp3) is 0.400. The number of aryl methyl sites for hydroxylation is 3. The predicted molar refractivity (Wildman–Crippen MR) is 101 cm³/mol. The van der Waals surface area contributed by atoms with Gasteiger partial charge in [0, 0.05) is 19.0 Å². The molecule has 0 aliphatic carbocycles. The molecule has 6 heteroatoms. The molecule has 0 fully saturated rings. The molecule has 0 aromatic heterocycles. The van der Waals surface area contributed by atoms with Gasteiger partial charge in [-0.1, -0.05) is 23.8 Å². The summed E-state index contributed by atoms with van der Waals surface area (Å²) in [6, 6.07) is 11.1. The van der Waals surface area contributed by atoms with Gasteiger partial charge in [0.25, 0.3) is 0 Å². The maximum Gasteiger partial charge on any atom is 0.240 e. The highest BCUT2D eigenvalue weighted by Crippen LogP contribution is 2.31. The number of hydrogen-bond donors (Lipinski definition) is 1. The average molecular weight is 375 g/mol. The summed E-state index contributed by atoms with van der Waals surface area (Å²) < 4.78 is 38.8. The molecule has 0 atom stereocenters. The van der Waals surface area contributed by atoms with E-state index in [-0.39, 0.29) is 4.90 Å². The van der Waals surface area contributed by atoms with Crippen molar-refractivity contribution in [1.82, 2.24) is 4.72 Å². The first kappa shape index (κ1) is 18.7. The van der Waals surface area contributed by atoms with Gasteiger partial charge >= 0.3 is 0 Å². The van der Waals surface area contributed by atoms with E-state index in [0.717, 1.165) is 19.3 Å². The number of fused-ring (bicyclic) bond motifs is 1. The van der Waals surface area contributed by atoms with Gasteiger partial charge in [-0.15, -0.1) is 0 Å². The smallest absolute Gasteiger partial charge is 0.240 e. The summed E-state index contributed by atoms with van der Waals surface area (Å²) in [4.78, 5) is 0.202. The first-order chi connectivity index (χ1) is 12.5. The summed E-state index contributed by atoms with van der Waals surface area (Å²) in [6.45, 7) is 5.66. The van der Waals surface area contributed by atoms with Crippen LogP contribution in [0.5, 0.6) is 11.5 Å². The molecule has 5 nitrogen and oxygen atoms in total. The van der Waals surface area contributed by atoms with Gasteiger partial charge in [-0.05, 0) is 49.9 Å². The van der Waals surface area contributed by atoms with Crippen molar-refractivity contribution in [2.45, 2.75) is 38.0 Å². The Morgan fingerprint density at radius 3 is 2.54 bits per heavy atom. The summed E-state index contributed by atoms with van der Waals surface area (Å²) in [5.74, 6) is 1.08.